The summed E-state index contributed by atoms with van der Waals surface area (Å²) >= 11 is 1.87. The summed E-state index contributed by atoms with van der Waals surface area (Å²) in [7, 11) is -5.14. The van der Waals surface area contributed by atoms with Gasteiger partial charge in [-0.15, -0.1) is 4.20 Å². The van der Waals surface area contributed by atoms with E-state index in [-0.39, 0.29) is 24.5 Å². The molecule has 0 saturated carbocycles. The molecule has 2 amide bonds. The fourth-order valence-electron chi connectivity index (χ4n) is 2.26. The van der Waals surface area contributed by atoms with Crippen molar-refractivity contribution in [2.24, 2.45) is 0 Å². The van der Waals surface area contributed by atoms with Crippen LogP contribution in [0.15, 0.2) is 0 Å². The normalized spacial score (nSPS) is 27.2. The standard InChI is InChI=1S/C10H16N2O3S.FH2O3P/c13-8(14)4-2-1-3-7-9-6(5-16-7)11-10(15)12-9;1-5(2,3)4/h6-7,9H,1-5H2,(H,13,14)(H2,11,12,15);(H2,2,3,4)/t6-,7-,9-;/m0./s1. The van der Waals surface area contributed by atoms with Crippen molar-refractivity contribution in [1.29, 1.82) is 0 Å². The molecule has 2 aliphatic heterocycles. The highest BCUT2D eigenvalue weighted by atomic mass is 32.2. The summed E-state index contributed by atoms with van der Waals surface area (Å²) in [5, 5.41) is 14.8. The van der Waals surface area contributed by atoms with Gasteiger partial charge in [-0.1, -0.05) is 6.42 Å². The number of hydrogen-bond acceptors (Lipinski definition) is 4. The molecule has 0 aliphatic carbocycles. The predicted molar refractivity (Wildman–Crippen MR) is 74.7 cm³/mol. The molecule has 0 bridgehead atoms. The molecule has 2 fully saturated rings. The van der Waals surface area contributed by atoms with Crippen molar-refractivity contribution in [3.63, 3.8) is 0 Å². The number of thioether (sulfide) groups is 1. The van der Waals surface area contributed by atoms with Gasteiger partial charge in [-0.05, 0) is 12.8 Å². The van der Waals surface area contributed by atoms with Crippen LogP contribution in [0.4, 0.5) is 8.99 Å². The van der Waals surface area contributed by atoms with Crippen LogP contribution in [0.2, 0.25) is 0 Å². The summed E-state index contributed by atoms with van der Waals surface area (Å²) in [4.78, 5) is 35.4. The van der Waals surface area contributed by atoms with Gasteiger partial charge in [0.05, 0.1) is 12.1 Å². The number of halogens is 1. The van der Waals surface area contributed by atoms with Crippen LogP contribution in [0, 0.1) is 0 Å². The van der Waals surface area contributed by atoms with Gasteiger partial charge in [0.1, 0.15) is 0 Å². The molecular formula is C10H18FN2O6PS. The van der Waals surface area contributed by atoms with Gasteiger partial charge in [0.2, 0.25) is 0 Å². The zero-order chi connectivity index (χ0) is 16.0. The molecular weight excluding hydrogens is 326 g/mol. The second-order valence-electron chi connectivity index (χ2n) is 4.73. The van der Waals surface area contributed by atoms with Crippen molar-refractivity contribution in [3.8, 4) is 0 Å². The summed E-state index contributed by atoms with van der Waals surface area (Å²) in [6.45, 7) is 0. The number of amides is 2. The van der Waals surface area contributed by atoms with E-state index in [1.807, 2.05) is 11.8 Å². The van der Waals surface area contributed by atoms with Gasteiger partial charge in [-0.25, -0.2) is 9.36 Å². The average Bonchev–Trinajstić information content (AvgIpc) is 2.82. The lowest BCUT2D eigenvalue weighted by Gasteiger charge is -2.16. The van der Waals surface area contributed by atoms with E-state index < -0.39 is 13.9 Å². The zero-order valence-corrected chi connectivity index (χ0v) is 12.8. The minimum atomic E-state index is -5.14. The summed E-state index contributed by atoms with van der Waals surface area (Å²) in [5.41, 5.74) is 0. The fraction of sp³-hybridized carbons (Fsp3) is 0.800. The molecule has 0 aromatic heterocycles. The monoisotopic (exact) mass is 344 g/mol. The van der Waals surface area contributed by atoms with Gasteiger partial charge in [0, 0.05) is 17.4 Å². The largest absolute Gasteiger partial charge is 0.507 e. The number of urea groups is 1. The Morgan fingerprint density at radius 3 is 2.57 bits per heavy atom. The van der Waals surface area contributed by atoms with Gasteiger partial charge in [0.15, 0.2) is 0 Å². The molecule has 0 aromatic carbocycles. The lowest BCUT2D eigenvalue weighted by Crippen LogP contribution is -2.36. The highest BCUT2D eigenvalue weighted by Crippen LogP contribution is 2.35. The topological polar surface area (TPSA) is 136 Å². The van der Waals surface area contributed by atoms with Gasteiger partial charge in [-0.3, -0.25) is 14.6 Å². The van der Waals surface area contributed by atoms with E-state index in [9.17, 15) is 13.8 Å². The first kappa shape index (κ1) is 18.2. The number of nitrogens with one attached hydrogen (secondary N) is 2. The van der Waals surface area contributed by atoms with E-state index in [0.29, 0.717) is 5.25 Å². The van der Waals surface area contributed by atoms with Crippen LogP contribution < -0.4 is 10.6 Å². The van der Waals surface area contributed by atoms with Crippen LogP contribution in [-0.2, 0) is 9.36 Å². The van der Waals surface area contributed by atoms with Crippen molar-refractivity contribution in [2.45, 2.75) is 43.0 Å². The van der Waals surface area contributed by atoms with Gasteiger partial charge < -0.3 is 15.7 Å². The smallest absolute Gasteiger partial charge is 0.481 e. The molecule has 0 spiro atoms. The molecule has 0 aromatic rings. The van der Waals surface area contributed by atoms with Gasteiger partial charge in [-0.2, -0.15) is 11.8 Å². The molecule has 11 heteroatoms. The third-order valence-electron chi connectivity index (χ3n) is 3.07. The number of hydrogen-bond donors (Lipinski definition) is 5. The van der Waals surface area contributed by atoms with Crippen molar-refractivity contribution in [2.75, 3.05) is 5.75 Å². The molecule has 3 atom stereocenters. The number of unbranched alkanes of at least 4 members (excludes halogenated alkanes) is 1. The maximum Gasteiger partial charge on any atom is 0.507 e. The Morgan fingerprint density at radius 2 is 2.00 bits per heavy atom. The Morgan fingerprint density at radius 1 is 1.38 bits per heavy atom. The maximum atomic E-state index is 11.1. The maximum absolute atomic E-state index is 11.1. The predicted octanol–water partition coefficient (Wildman–Crippen LogP) is 0.845. The lowest BCUT2D eigenvalue weighted by atomic mass is 10.0. The van der Waals surface area contributed by atoms with Crippen molar-refractivity contribution >= 4 is 31.7 Å². The van der Waals surface area contributed by atoms with E-state index >= 15 is 0 Å². The Bertz CT molecular complexity index is 426. The van der Waals surface area contributed by atoms with Crippen LogP contribution in [0.3, 0.4) is 0 Å². The number of carboxylic acids is 1. The van der Waals surface area contributed by atoms with Crippen LogP contribution in [0.5, 0.6) is 0 Å². The molecule has 2 rings (SSSR count). The van der Waals surface area contributed by atoms with Crippen molar-refractivity contribution in [1.82, 2.24) is 10.6 Å². The molecule has 2 saturated heterocycles. The molecule has 8 nitrogen and oxygen atoms in total. The first-order chi connectivity index (χ1) is 9.66. The third kappa shape index (κ3) is 7.66. The second kappa shape index (κ2) is 7.98. The number of carbonyl (C=O) groups is 2. The van der Waals surface area contributed by atoms with E-state index in [1.54, 1.807) is 0 Å². The van der Waals surface area contributed by atoms with E-state index in [0.717, 1.165) is 25.0 Å². The summed E-state index contributed by atoms with van der Waals surface area (Å²) in [6.07, 6.45) is 2.88. The first-order valence-electron chi connectivity index (χ1n) is 6.32. The molecule has 21 heavy (non-hydrogen) atoms. The lowest BCUT2D eigenvalue weighted by molar-refractivity contribution is -0.137. The number of fused-ring (bicyclic) bond motifs is 1. The van der Waals surface area contributed by atoms with Crippen LogP contribution in [0.25, 0.3) is 0 Å². The first-order valence-corrected chi connectivity index (χ1v) is 8.87. The Hall–Kier alpha value is -0.830. The molecule has 5 N–H and O–H groups in total. The van der Waals surface area contributed by atoms with Crippen LogP contribution in [0.1, 0.15) is 25.7 Å². The molecule has 122 valence electrons. The van der Waals surface area contributed by atoms with E-state index in [4.69, 9.17) is 19.5 Å². The van der Waals surface area contributed by atoms with E-state index in [2.05, 4.69) is 10.6 Å². The number of rotatable bonds is 5. The highest BCUT2D eigenvalue weighted by molar-refractivity contribution is 8.00. The van der Waals surface area contributed by atoms with E-state index in [1.165, 1.54) is 0 Å². The highest BCUT2D eigenvalue weighted by Gasteiger charge is 2.42. The SMILES string of the molecule is O=C(O)CCCC[C@@H]1SC[C@@H]2NC(=O)N[C@@H]21.O=P(O)(O)F. The fourth-order valence-corrected chi connectivity index (χ4v) is 3.81. The second-order valence-corrected chi connectivity index (χ2v) is 6.95. The summed E-state index contributed by atoms with van der Waals surface area (Å²) < 4.78 is 19.0. The number of carboxylic acid groups (broad SMARTS) is 1. The summed E-state index contributed by atoms with van der Waals surface area (Å²) in [6, 6.07) is 0.440. The quantitative estimate of drug-likeness (QED) is 0.283. The Kier molecular flexibility index (Phi) is 6.92. The Labute approximate surface area is 125 Å². The van der Waals surface area contributed by atoms with Gasteiger partial charge >= 0.3 is 19.9 Å². The minimum Gasteiger partial charge on any atom is -0.481 e. The third-order valence-corrected chi connectivity index (χ3v) is 4.58. The number of carbonyl (C=O) groups excluding carboxylic acids is 1. The summed E-state index contributed by atoms with van der Waals surface area (Å²) in [5.74, 6) is 0.236. The number of aliphatic carboxylic acids is 1. The average molecular weight is 344 g/mol. The molecule has 2 aliphatic rings. The molecule has 0 radical (unpaired) electrons. The van der Waals surface area contributed by atoms with Crippen LogP contribution >= 0.6 is 19.7 Å². The van der Waals surface area contributed by atoms with Crippen LogP contribution in [-0.4, -0.2) is 50.0 Å². The zero-order valence-electron chi connectivity index (χ0n) is 11.1. The molecule has 2 heterocycles. The Balaban J connectivity index is 0.000000383. The van der Waals surface area contributed by atoms with Crippen molar-refractivity contribution < 1.29 is 33.2 Å². The molecule has 0 unspecified atom stereocenters. The van der Waals surface area contributed by atoms with Crippen molar-refractivity contribution in [3.05, 3.63) is 0 Å². The minimum absolute atomic E-state index is 0.0640. The van der Waals surface area contributed by atoms with Gasteiger partial charge in [0.25, 0.3) is 0 Å².